The van der Waals surface area contributed by atoms with Crippen molar-refractivity contribution in [3.63, 3.8) is 0 Å². The van der Waals surface area contributed by atoms with Crippen molar-refractivity contribution in [1.82, 2.24) is 5.43 Å². The average Bonchev–Trinajstić information content (AvgIpc) is 2.53. The summed E-state index contributed by atoms with van der Waals surface area (Å²) in [5.41, 5.74) is 3.04. The van der Waals surface area contributed by atoms with E-state index in [-0.39, 0.29) is 0 Å². The fourth-order valence-corrected chi connectivity index (χ4v) is 3.47. The summed E-state index contributed by atoms with van der Waals surface area (Å²) in [6, 6.07) is 0.541. The minimum absolute atomic E-state index is 0.541. The van der Waals surface area contributed by atoms with Crippen LogP contribution in [0.1, 0.15) is 51.9 Å². The summed E-state index contributed by atoms with van der Waals surface area (Å²) in [7, 11) is 0. The summed E-state index contributed by atoms with van der Waals surface area (Å²) < 4.78 is 0. The molecule has 1 unspecified atom stereocenters. The number of nitrogens with one attached hydrogen (secondary N) is 1. The molecule has 1 rings (SSSR count). The average molecular weight is 230 g/mol. The molecule has 3 heteroatoms. The highest BCUT2D eigenvalue weighted by atomic mass is 32.2. The molecular formula is C12H26N2S. The molecule has 90 valence electrons. The molecule has 1 aliphatic rings. The molecule has 2 nitrogen and oxygen atoms in total. The molecule has 0 spiro atoms. The molecule has 1 saturated carbocycles. The van der Waals surface area contributed by atoms with Gasteiger partial charge in [0.25, 0.3) is 0 Å². The monoisotopic (exact) mass is 230 g/mol. The van der Waals surface area contributed by atoms with Gasteiger partial charge in [-0.05, 0) is 30.9 Å². The van der Waals surface area contributed by atoms with Crippen molar-refractivity contribution in [2.75, 3.05) is 11.5 Å². The van der Waals surface area contributed by atoms with Crippen LogP contribution in [0.15, 0.2) is 0 Å². The summed E-state index contributed by atoms with van der Waals surface area (Å²) in [5, 5.41) is 0. The zero-order valence-corrected chi connectivity index (χ0v) is 10.8. The van der Waals surface area contributed by atoms with E-state index in [4.69, 9.17) is 5.84 Å². The van der Waals surface area contributed by atoms with Crippen LogP contribution in [0.5, 0.6) is 0 Å². The van der Waals surface area contributed by atoms with Crippen LogP contribution in [0.2, 0.25) is 0 Å². The van der Waals surface area contributed by atoms with Crippen molar-refractivity contribution in [1.29, 1.82) is 0 Å². The van der Waals surface area contributed by atoms with E-state index in [9.17, 15) is 0 Å². The quantitative estimate of drug-likeness (QED) is 0.319. The molecule has 15 heavy (non-hydrogen) atoms. The summed E-state index contributed by atoms with van der Waals surface area (Å²) in [6.07, 6.45) is 9.68. The Morgan fingerprint density at radius 2 is 1.93 bits per heavy atom. The maximum Gasteiger partial charge on any atom is 0.0329 e. The Morgan fingerprint density at radius 1 is 1.27 bits per heavy atom. The number of hydrogen-bond donors (Lipinski definition) is 2. The molecule has 0 aromatic carbocycles. The van der Waals surface area contributed by atoms with Crippen LogP contribution >= 0.6 is 11.8 Å². The maximum atomic E-state index is 5.67. The number of thioether (sulfide) groups is 1. The number of rotatable bonds is 6. The minimum atomic E-state index is 0.541. The van der Waals surface area contributed by atoms with Crippen LogP contribution in [0.25, 0.3) is 0 Å². The first-order valence-electron chi connectivity index (χ1n) is 6.42. The number of nitrogens with two attached hydrogens (primary N) is 1. The molecule has 1 fully saturated rings. The Balaban J connectivity index is 2.27. The summed E-state index contributed by atoms with van der Waals surface area (Å²) in [5.74, 6) is 8.95. The first kappa shape index (κ1) is 13.3. The molecule has 0 aromatic heterocycles. The van der Waals surface area contributed by atoms with Crippen LogP contribution < -0.4 is 11.3 Å². The first-order chi connectivity index (χ1) is 7.38. The SMILES string of the molecule is CCCSCC(NN)C1CCCCCC1. The van der Waals surface area contributed by atoms with E-state index in [1.165, 1.54) is 56.5 Å². The zero-order valence-electron chi connectivity index (χ0n) is 10.0. The lowest BCUT2D eigenvalue weighted by molar-refractivity contribution is 0.346. The van der Waals surface area contributed by atoms with Crippen molar-refractivity contribution in [2.24, 2.45) is 11.8 Å². The Labute approximate surface area is 98.7 Å². The van der Waals surface area contributed by atoms with E-state index in [2.05, 4.69) is 12.3 Å². The lowest BCUT2D eigenvalue weighted by Gasteiger charge is -2.25. The minimum Gasteiger partial charge on any atom is -0.271 e. The van der Waals surface area contributed by atoms with Crippen LogP contribution in [-0.2, 0) is 0 Å². The Bertz CT molecular complexity index is 145. The Kier molecular flexibility index (Phi) is 7.49. The molecule has 0 bridgehead atoms. The molecule has 0 aromatic rings. The van der Waals surface area contributed by atoms with E-state index >= 15 is 0 Å². The van der Waals surface area contributed by atoms with Gasteiger partial charge in [0.2, 0.25) is 0 Å². The van der Waals surface area contributed by atoms with Crippen LogP contribution in [0, 0.1) is 5.92 Å². The highest BCUT2D eigenvalue weighted by Crippen LogP contribution is 2.26. The predicted octanol–water partition coefficient (Wildman–Crippen LogP) is 2.93. The van der Waals surface area contributed by atoms with E-state index in [0.29, 0.717) is 6.04 Å². The molecule has 1 atom stereocenters. The highest BCUT2D eigenvalue weighted by molar-refractivity contribution is 7.99. The van der Waals surface area contributed by atoms with Gasteiger partial charge in [0, 0.05) is 11.8 Å². The van der Waals surface area contributed by atoms with Gasteiger partial charge in [-0.2, -0.15) is 11.8 Å². The van der Waals surface area contributed by atoms with Crippen molar-refractivity contribution in [2.45, 2.75) is 57.9 Å². The van der Waals surface area contributed by atoms with E-state index < -0.39 is 0 Å². The van der Waals surface area contributed by atoms with Gasteiger partial charge in [-0.15, -0.1) is 0 Å². The number of hydrogen-bond acceptors (Lipinski definition) is 3. The van der Waals surface area contributed by atoms with Crippen molar-refractivity contribution >= 4 is 11.8 Å². The fraction of sp³-hybridized carbons (Fsp3) is 1.00. The third-order valence-corrected chi connectivity index (χ3v) is 4.62. The van der Waals surface area contributed by atoms with Crippen molar-refractivity contribution in [3.8, 4) is 0 Å². The molecule has 0 aliphatic heterocycles. The van der Waals surface area contributed by atoms with Crippen LogP contribution in [-0.4, -0.2) is 17.5 Å². The molecule has 0 radical (unpaired) electrons. The predicted molar refractivity (Wildman–Crippen MR) is 69.9 cm³/mol. The summed E-state index contributed by atoms with van der Waals surface area (Å²) in [6.45, 7) is 2.24. The molecule has 0 amide bonds. The van der Waals surface area contributed by atoms with Gasteiger partial charge in [0.15, 0.2) is 0 Å². The van der Waals surface area contributed by atoms with Gasteiger partial charge in [0.05, 0.1) is 0 Å². The molecule has 3 N–H and O–H groups in total. The van der Waals surface area contributed by atoms with Crippen molar-refractivity contribution in [3.05, 3.63) is 0 Å². The lowest BCUT2D eigenvalue weighted by Crippen LogP contribution is -2.42. The van der Waals surface area contributed by atoms with Gasteiger partial charge in [0.1, 0.15) is 0 Å². The van der Waals surface area contributed by atoms with Gasteiger partial charge in [-0.3, -0.25) is 11.3 Å². The van der Waals surface area contributed by atoms with E-state index in [0.717, 1.165) is 5.92 Å². The second-order valence-corrected chi connectivity index (χ2v) is 5.75. The molecule has 0 saturated heterocycles. The summed E-state index contributed by atoms with van der Waals surface area (Å²) in [4.78, 5) is 0. The Hall–Kier alpha value is 0.270. The topological polar surface area (TPSA) is 38.0 Å². The number of hydrazine groups is 1. The fourth-order valence-electron chi connectivity index (χ4n) is 2.39. The maximum absolute atomic E-state index is 5.67. The van der Waals surface area contributed by atoms with Gasteiger partial charge < -0.3 is 0 Å². The smallest absolute Gasteiger partial charge is 0.0329 e. The third-order valence-electron chi connectivity index (χ3n) is 3.33. The zero-order chi connectivity index (χ0) is 10.9. The highest BCUT2D eigenvalue weighted by Gasteiger charge is 2.21. The normalized spacial score (nSPS) is 21.2. The van der Waals surface area contributed by atoms with Gasteiger partial charge in [-0.25, -0.2) is 0 Å². The Morgan fingerprint density at radius 3 is 2.47 bits per heavy atom. The largest absolute Gasteiger partial charge is 0.271 e. The van der Waals surface area contributed by atoms with Crippen LogP contribution in [0.3, 0.4) is 0 Å². The second kappa shape index (κ2) is 8.43. The van der Waals surface area contributed by atoms with E-state index in [1.54, 1.807) is 0 Å². The third kappa shape index (κ3) is 5.23. The van der Waals surface area contributed by atoms with E-state index in [1.807, 2.05) is 11.8 Å². The second-order valence-electron chi connectivity index (χ2n) is 4.60. The summed E-state index contributed by atoms with van der Waals surface area (Å²) >= 11 is 2.04. The van der Waals surface area contributed by atoms with Gasteiger partial charge in [-0.1, -0.05) is 32.6 Å². The molecule has 1 aliphatic carbocycles. The lowest BCUT2D eigenvalue weighted by atomic mass is 9.93. The first-order valence-corrected chi connectivity index (χ1v) is 7.57. The standard InChI is InChI=1S/C12H26N2S/c1-2-9-15-10-12(14-13)11-7-5-3-4-6-8-11/h11-12,14H,2-10,13H2,1H3. The molecule has 0 heterocycles. The van der Waals surface area contributed by atoms with Gasteiger partial charge >= 0.3 is 0 Å². The van der Waals surface area contributed by atoms with Crippen LogP contribution in [0.4, 0.5) is 0 Å². The molecular weight excluding hydrogens is 204 g/mol. The van der Waals surface area contributed by atoms with Crippen molar-refractivity contribution < 1.29 is 0 Å².